The third kappa shape index (κ3) is 4.89. The summed E-state index contributed by atoms with van der Waals surface area (Å²) in [5, 5.41) is 4.01. The summed E-state index contributed by atoms with van der Waals surface area (Å²) in [5.74, 6) is 2.35. The fourth-order valence-electron chi connectivity index (χ4n) is 2.95. The number of carbonyl (C=O) groups excluding carboxylic acids is 1. The van der Waals surface area contributed by atoms with Gasteiger partial charge in [0, 0.05) is 13.1 Å². The first-order valence-electron chi connectivity index (χ1n) is 9.44. The molecule has 1 amide bonds. The molecular weight excluding hydrogens is 386 g/mol. The first kappa shape index (κ1) is 21.2. The smallest absolute Gasteiger partial charge is 0.263 e. The number of hydrogen-bond acceptors (Lipinski definition) is 7. The Morgan fingerprint density at radius 1 is 1.13 bits per heavy atom. The molecule has 0 bridgehead atoms. The number of likely N-dealkylation sites (N-methyl/N-ethyl adjacent to an activating group) is 1. The van der Waals surface area contributed by atoms with Gasteiger partial charge in [-0.1, -0.05) is 17.3 Å². The summed E-state index contributed by atoms with van der Waals surface area (Å²) in [6.07, 6.45) is -0.652. The van der Waals surface area contributed by atoms with Crippen molar-refractivity contribution in [3.8, 4) is 28.6 Å². The Bertz CT molecular complexity index is 1020. The topological polar surface area (TPSA) is 86.9 Å². The highest BCUT2D eigenvalue weighted by Gasteiger charge is 2.22. The van der Waals surface area contributed by atoms with Gasteiger partial charge >= 0.3 is 0 Å². The molecule has 8 heteroatoms. The Kier molecular flexibility index (Phi) is 6.56. The van der Waals surface area contributed by atoms with Crippen molar-refractivity contribution in [2.45, 2.75) is 26.5 Å². The molecule has 8 nitrogen and oxygen atoms in total. The van der Waals surface area contributed by atoms with Crippen LogP contribution in [-0.2, 0) is 11.3 Å². The van der Waals surface area contributed by atoms with E-state index in [1.165, 1.54) is 4.90 Å². The van der Waals surface area contributed by atoms with Crippen LogP contribution in [0.1, 0.15) is 18.4 Å². The SMILES string of the molecule is COc1ccc(-c2noc(CN(C)C(=O)C(C)Oc3cccc(C)c3)n2)c(OC)c1. The van der Waals surface area contributed by atoms with Crippen molar-refractivity contribution in [1.29, 1.82) is 0 Å². The number of carbonyl (C=O) groups is 1. The molecule has 3 aromatic rings. The zero-order valence-electron chi connectivity index (χ0n) is 17.7. The van der Waals surface area contributed by atoms with Crippen LogP contribution in [0, 0.1) is 6.92 Å². The zero-order chi connectivity index (χ0) is 21.7. The molecule has 0 N–H and O–H groups in total. The van der Waals surface area contributed by atoms with E-state index >= 15 is 0 Å². The first-order chi connectivity index (χ1) is 14.4. The van der Waals surface area contributed by atoms with E-state index in [-0.39, 0.29) is 12.5 Å². The van der Waals surface area contributed by atoms with Gasteiger partial charge in [-0.2, -0.15) is 4.98 Å². The number of nitrogens with zero attached hydrogens (tertiary/aromatic N) is 3. The molecule has 0 radical (unpaired) electrons. The Morgan fingerprint density at radius 3 is 2.63 bits per heavy atom. The molecule has 0 aliphatic heterocycles. The second kappa shape index (κ2) is 9.30. The highest BCUT2D eigenvalue weighted by molar-refractivity contribution is 5.80. The number of aryl methyl sites for hydroxylation is 1. The Morgan fingerprint density at radius 2 is 1.93 bits per heavy atom. The maximum absolute atomic E-state index is 12.7. The van der Waals surface area contributed by atoms with Crippen LogP contribution in [0.15, 0.2) is 47.0 Å². The molecule has 0 spiro atoms. The second-order valence-corrected chi connectivity index (χ2v) is 6.85. The summed E-state index contributed by atoms with van der Waals surface area (Å²) < 4.78 is 21.7. The molecule has 158 valence electrons. The molecule has 30 heavy (non-hydrogen) atoms. The molecule has 1 aromatic heterocycles. The van der Waals surface area contributed by atoms with Gasteiger partial charge in [0.25, 0.3) is 5.91 Å². The molecule has 0 fully saturated rings. The van der Waals surface area contributed by atoms with Crippen molar-refractivity contribution in [1.82, 2.24) is 15.0 Å². The molecule has 0 aliphatic rings. The standard InChI is InChI=1S/C22H25N3O5/c1-14-7-6-8-17(11-14)29-15(2)22(26)25(3)13-20-23-21(24-30-20)18-10-9-16(27-4)12-19(18)28-5/h6-12,15H,13H2,1-5H3. The van der Waals surface area contributed by atoms with Crippen molar-refractivity contribution in [2.75, 3.05) is 21.3 Å². The maximum Gasteiger partial charge on any atom is 0.263 e. The van der Waals surface area contributed by atoms with E-state index in [0.29, 0.717) is 34.5 Å². The Balaban J connectivity index is 1.67. The molecule has 2 aromatic carbocycles. The summed E-state index contributed by atoms with van der Waals surface area (Å²) in [7, 11) is 4.80. The van der Waals surface area contributed by atoms with Gasteiger partial charge in [0.05, 0.1) is 26.3 Å². The first-order valence-corrected chi connectivity index (χ1v) is 9.44. The normalized spacial score (nSPS) is 11.6. The lowest BCUT2D eigenvalue weighted by molar-refractivity contribution is -0.137. The predicted octanol–water partition coefficient (Wildman–Crippen LogP) is 3.49. The minimum Gasteiger partial charge on any atom is -0.497 e. The number of methoxy groups -OCH3 is 2. The number of benzene rings is 2. The maximum atomic E-state index is 12.7. The third-order valence-corrected chi connectivity index (χ3v) is 4.52. The van der Waals surface area contributed by atoms with E-state index in [9.17, 15) is 4.79 Å². The monoisotopic (exact) mass is 411 g/mol. The fraction of sp³-hybridized carbons (Fsp3) is 0.318. The van der Waals surface area contributed by atoms with E-state index in [0.717, 1.165) is 5.56 Å². The van der Waals surface area contributed by atoms with Gasteiger partial charge in [-0.25, -0.2) is 0 Å². The highest BCUT2D eigenvalue weighted by atomic mass is 16.5. The number of ether oxygens (including phenoxy) is 3. The highest BCUT2D eigenvalue weighted by Crippen LogP contribution is 2.31. The lowest BCUT2D eigenvalue weighted by atomic mass is 10.2. The van der Waals surface area contributed by atoms with E-state index in [2.05, 4.69) is 10.1 Å². The van der Waals surface area contributed by atoms with Crippen LogP contribution in [-0.4, -0.2) is 48.3 Å². The molecule has 3 rings (SSSR count). The molecule has 1 unspecified atom stereocenters. The minimum atomic E-state index is -0.652. The molecule has 1 atom stereocenters. The van der Waals surface area contributed by atoms with Crippen LogP contribution in [0.5, 0.6) is 17.2 Å². The minimum absolute atomic E-state index is 0.159. The number of rotatable bonds is 8. The van der Waals surface area contributed by atoms with E-state index in [1.54, 1.807) is 46.4 Å². The lowest BCUT2D eigenvalue weighted by Crippen LogP contribution is -2.37. The van der Waals surface area contributed by atoms with Crippen molar-refractivity contribution >= 4 is 5.91 Å². The van der Waals surface area contributed by atoms with E-state index in [4.69, 9.17) is 18.7 Å². The van der Waals surface area contributed by atoms with Crippen molar-refractivity contribution in [2.24, 2.45) is 0 Å². The van der Waals surface area contributed by atoms with Gasteiger partial charge in [-0.3, -0.25) is 4.79 Å². The molecule has 0 saturated heterocycles. The second-order valence-electron chi connectivity index (χ2n) is 6.85. The van der Waals surface area contributed by atoms with E-state index < -0.39 is 6.10 Å². The van der Waals surface area contributed by atoms with Gasteiger partial charge in [0.2, 0.25) is 11.7 Å². The zero-order valence-corrected chi connectivity index (χ0v) is 17.7. The lowest BCUT2D eigenvalue weighted by Gasteiger charge is -2.20. The molecule has 1 heterocycles. The van der Waals surface area contributed by atoms with Crippen molar-refractivity contribution < 1.29 is 23.5 Å². The summed E-state index contributed by atoms with van der Waals surface area (Å²) >= 11 is 0. The average molecular weight is 411 g/mol. The van der Waals surface area contributed by atoms with Crippen molar-refractivity contribution in [3.63, 3.8) is 0 Å². The van der Waals surface area contributed by atoms with Crippen LogP contribution >= 0.6 is 0 Å². The summed E-state index contributed by atoms with van der Waals surface area (Å²) in [6.45, 7) is 3.84. The van der Waals surface area contributed by atoms with Crippen molar-refractivity contribution in [3.05, 3.63) is 53.9 Å². The third-order valence-electron chi connectivity index (χ3n) is 4.52. The summed E-state index contributed by atoms with van der Waals surface area (Å²) in [4.78, 5) is 18.5. The number of hydrogen-bond donors (Lipinski definition) is 0. The molecule has 0 aliphatic carbocycles. The van der Waals surface area contributed by atoms with Crippen LogP contribution in [0.2, 0.25) is 0 Å². The van der Waals surface area contributed by atoms with Gasteiger partial charge in [-0.05, 0) is 43.7 Å². The number of aromatic nitrogens is 2. The largest absolute Gasteiger partial charge is 0.497 e. The summed E-state index contributed by atoms with van der Waals surface area (Å²) in [6, 6.07) is 12.9. The Labute approximate surface area is 175 Å². The predicted molar refractivity (Wildman–Crippen MR) is 111 cm³/mol. The Hall–Kier alpha value is -3.55. The van der Waals surface area contributed by atoms with Gasteiger partial charge in [-0.15, -0.1) is 0 Å². The van der Waals surface area contributed by atoms with Crippen LogP contribution in [0.3, 0.4) is 0 Å². The van der Waals surface area contributed by atoms with Gasteiger partial charge < -0.3 is 23.6 Å². The fourth-order valence-corrected chi connectivity index (χ4v) is 2.95. The van der Waals surface area contributed by atoms with E-state index in [1.807, 2.05) is 31.2 Å². The van der Waals surface area contributed by atoms with Crippen LogP contribution in [0.25, 0.3) is 11.4 Å². The van der Waals surface area contributed by atoms with Gasteiger partial charge in [0.1, 0.15) is 17.2 Å². The summed E-state index contributed by atoms with van der Waals surface area (Å²) in [5.41, 5.74) is 1.73. The number of amides is 1. The molecule has 0 saturated carbocycles. The van der Waals surface area contributed by atoms with Crippen LogP contribution < -0.4 is 14.2 Å². The molecular formula is C22H25N3O5. The quantitative estimate of drug-likeness (QED) is 0.561. The van der Waals surface area contributed by atoms with Crippen LogP contribution in [0.4, 0.5) is 0 Å². The van der Waals surface area contributed by atoms with Gasteiger partial charge in [0.15, 0.2) is 6.10 Å². The average Bonchev–Trinajstić information content (AvgIpc) is 3.20.